The average Bonchev–Trinajstić information content (AvgIpc) is 2.39. The molecule has 1 heterocycles. The summed E-state index contributed by atoms with van der Waals surface area (Å²) in [4.78, 5) is 25.0. The van der Waals surface area contributed by atoms with Gasteiger partial charge in [0, 0.05) is 37.7 Å². The molecule has 1 aliphatic rings. The van der Waals surface area contributed by atoms with Crippen LogP contribution in [0.1, 0.15) is 20.3 Å². The van der Waals surface area contributed by atoms with Gasteiger partial charge in [-0.25, -0.2) is 9.59 Å². The Bertz CT molecular complexity index is 321. The summed E-state index contributed by atoms with van der Waals surface area (Å²) in [5.74, 6) is 1.26. The van der Waals surface area contributed by atoms with Gasteiger partial charge in [0.05, 0.1) is 0 Å². The molecule has 6 nitrogen and oxygen atoms in total. The van der Waals surface area contributed by atoms with Gasteiger partial charge in [0.1, 0.15) is 5.54 Å². The van der Waals surface area contributed by atoms with E-state index in [0.29, 0.717) is 13.0 Å². The Kier molecular flexibility index (Phi) is 6.44. The quantitative estimate of drug-likeness (QED) is 0.666. The number of carbonyl (C=O) groups is 2. The summed E-state index contributed by atoms with van der Waals surface area (Å²) in [6, 6.07) is -0.418. The fourth-order valence-corrected chi connectivity index (χ4v) is 2.72. The largest absolute Gasteiger partial charge is 0.480 e. The lowest BCUT2D eigenvalue weighted by molar-refractivity contribution is -0.143. The summed E-state index contributed by atoms with van der Waals surface area (Å²) < 4.78 is 0. The monoisotopic (exact) mass is 289 g/mol. The molecule has 2 amide bonds. The van der Waals surface area contributed by atoms with Gasteiger partial charge in [-0.05, 0) is 13.3 Å². The number of nitrogens with zero attached hydrogens (tertiary/aromatic N) is 1. The molecule has 0 spiro atoms. The van der Waals surface area contributed by atoms with Crippen LogP contribution in [0.2, 0.25) is 0 Å². The lowest BCUT2D eigenvalue weighted by Gasteiger charge is -2.27. The van der Waals surface area contributed by atoms with Gasteiger partial charge in [-0.15, -0.1) is 0 Å². The van der Waals surface area contributed by atoms with Crippen molar-refractivity contribution in [2.45, 2.75) is 25.8 Å². The number of urea groups is 1. The van der Waals surface area contributed by atoms with Gasteiger partial charge in [0.2, 0.25) is 0 Å². The Morgan fingerprint density at radius 2 is 2.00 bits per heavy atom. The molecule has 1 fully saturated rings. The van der Waals surface area contributed by atoms with Gasteiger partial charge in [0.25, 0.3) is 0 Å². The summed E-state index contributed by atoms with van der Waals surface area (Å²) in [7, 11) is 0. The van der Waals surface area contributed by atoms with E-state index in [1.165, 1.54) is 6.92 Å². The van der Waals surface area contributed by atoms with Crippen LogP contribution in [0.3, 0.4) is 0 Å². The number of nitrogens with one attached hydrogen (secondary N) is 2. The molecular formula is C12H23N3O3S. The van der Waals surface area contributed by atoms with Crippen molar-refractivity contribution in [2.24, 2.45) is 0 Å². The Morgan fingerprint density at radius 3 is 2.53 bits per heavy atom. The number of carbonyl (C=O) groups excluding carboxylic acids is 1. The topological polar surface area (TPSA) is 81.7 Å². The lowest BCUT2D eigenvalue weighted by atomic mass is 10.00. The van der Waals surface area contributed by atoms with Gasteiger partial charge in [0.15, 0.2) is 0 Å². The van der Waals surface area contributed by atoms with Crippen molar-refractivity contribution in [1.29, 1.82) is 0 Å². The summed E-state index contributed by atoms with van der Waals surface area (Å²) in [6.45, 7) is 6.70. The molecule has 1 rings (SSSR count). The number of carboxylic acid groups (broad SMARTS) is 1. The van der Waals surface area contributed by atoms with Crippen LogP contribution >= 0.6 is 11.8 Å². The molecule has 7 heteroatoms. The SMILES string of the molecule is CCC(C)(NC(=O)NCCN1CCSCC1)C(=O)O. The van der Waals surface area contributed by atoms with Gasteiger partial charge in [-0.1, -0.05) is 6.92 Å². The zero-order valence-corrected chi connectivity index (χ0v) is 12.4. The summed E-state index contributed by atoms with van der Waals surface area (Å²) in [5.41, 5.74) is -1.20. The molecule has 0 aromatic rings. The Hall–Kier alpha value is -0.950. The first-order valence-corrected chi connectivity index (χ1v) is 7.73. The number of aliphatic carboxylic acids is 1. The van der Waals surface area contributed by atoms with Crippen LogP contribution in [0.4, 0.5) is 4.79 Å². The van der Waals surface area contributed by atoms with Crippen molar-refractivity contribution < 1.29 is 14.7 Å². The molecule has 1 atom stereocenters. The first kappa shape index (κ1) is 16.1. The maximum absolute atomic E-state index is 11.7. The van der Waals surface area contributed by atoms with Crippen molar-refractivity contribution in [3.8, 4) is 0 Å². The normalized spacial score (nSPS) is 19.5. The highest BCUT2D eigenvalue weighted by Gasteiger charge is 2.32. The van der Waals surface area contributed by atoms with E-state index in [2.05, 4.69) is 15.5 Å². The van der Waals surface area contributed by atoms with E-state index in [-0.39, 0.29) is 0 Å². The highest BCUT2D eigenvalue weighted by atomic mass is 32.2. The first-order valence-electron chi connectivity index (χ1n) is 6.57. The third kappa shape index (κ3) is 5.28. The number of hydrogen-bond acceptors (Lipinski definition) is 4. The molecule has 1 unspecified atom stereocenters. The summed E-state index contributed by atoms with van der Waals surface area (Å²) >= 11 is 1.95. The molecule has 0 aromatic carbocycles. The van der Waals surface area contributed by atoms with E-state index >= 15 is 0 Å². The molecule has 0 bridgehead atoms. The second kappa shape index (κ2) is 7.59. The standard InChI is InChI=1S/C12H23N3O3S/c1-3-12(2,10(16)17)14-11(18)13-4-5-15-6-8-19-9-7-15/h3-9H2,1-2H3,(H,16,17)(H2,13,14,18). The molecule has 19 heavy (non-hydrogen) atoms. The second-order valence-electron chi connectivity index (χ2n) is 4.83. The molecule has 0 radical (unpaired) electrons. The number of rotatable bonds is 6. The Balaban J connectivity index is 2.25. The number of carboxylic acids is 1. The van der Waals surface area contributed by atoms with Gasteiger partial charge in [-0.3, -0.25) is 4.90 Å². The molecular weight excluding hydrogens is 266 g/mol. The zero-order valence-electron chi connectivity index (χ0n) is 11.6. The van der Waals surface area contributed by atoms with Crippen molar-refractivity contribution in [2.75, 3.05) is 37.7 Å². The van der Waals surface area contributed by atoms with Crippen LogP contribution in [0.5, 0.6) is 0 Å². The summed E-state index contributed by atoms with van der Waals surface area (Å²) in [6.07, 6.45) is 0.346. The van der Waals surface area contributed by atoms with Crippen LogP contribution in [0, 0.1) is 0 Å². The van der Waals surface area contributed by atoms with E-state index < -0.39 is 17.5 Å². The van der Waals surface area contributed by atoms with Gasteiger partial charge in [-0.2, -0.15) is 11.8 Å². The molecule has 0 aromatic heterocycles. The number of amides is 2. The number of hydrogen-bond donors (Lipinski definition) is 3. The fraction of sp³-hybridized carbons (Fsp3) is 0.833. The van der Waals surface area contributed by atoms with Crippen LogP contribution < -0.4 is 10.6 Å². The fourth-order valence-electron chi connectivity index (χ4n) is 1.74. The number of thioether (sulfide) groups is 1. The van der Waals surface area contributed by atoms with E-state index in [9.17, 15) is 9.59 Å². The molecule has 1 aliphatic heterocycles. The third-order valence-corrected chi connectivity index (χ3v) is 4.33. The van der Waals surface area contributed by atoms with Crippen LogP contribution in [0.25, 0.3) is 0 Å². The minimum atomic E-state index is -1.20. The maximum Gasteiger partial charge on any atom is 0.329 e. The molecule has 3 N–H and O–H groups in total. The smallest absolute Gasteiger partial charge is 0.329 e. The Labute approximate surface area is 118 Å². The molecule has 0 saturated carbocycles. The van der Waals surface area contributed by atoms with E-state index in [1.54, 1.807) is 6.92 Å². The average molecular weight is 289 g/mol. The maximum atomic E-state index is 11.7. The van der Waals surface area contributed by atoms with Crippen molar-refractivity contribution >= 4 is 23.8 Å². The zero-order chi connectivity index (χ0) is 14.3. The molecule has 1 saturated heterocycles. The molecule has 110 valence electrons. The summed E-state index contributed by atoms with van der Waals surface area (Å²) in [5, 5.41) is 14.3. The second-order valence-corrected chi connectivity index (χ2v) is 6.05. The minimum Gasteiger partial charge on any atom is -0.480 e. The highest BCUT2D eigenvalue weighted by molar-refractivity contribution is 7.99. The van der Waals surface area contributed by atoms with Crippen molar-refractivity contribution in [3.05, 3.63) is 0 Å². The van der Waals surface area contributed by atoms with Crippen LogP contribution in [0.15, 0.2) is 0 Å². The van der Waals surface area contributed by atoms with Crippen molar-refractivity contribution in [1.82, 2.24) is 15.5 Å². The van der Waals surface area contributed by atoms with Crippen LogP contribution in [-0.2, 0) is 4.79 Å². The van der Waals surface area contributed by atoms with Gasteiger partial charge < -0.3 is 15.7 Å². The predicted molar refractivity (Wildman–Crippen MR) is 76.6 cm³/mol. The van der Waals surface area contributed by atoms with E-state index in [1.807, 2.05) is 11.8 Å². The molecule has 0 aliphatic carbocycles. The first-order chi connectivity index (χ1) is 8.98. The van der Waals surface area contributed by atoms with E-state index in [4.69, 9.17) is 5.11 Å². The van der Waals surface area contributed by atoms with Crippen LogP contribution in [-0.4, -0.2) is 65.2 Å². The lowest BCUT2D eigenvalue weighted by Crippen LogP contribution is -2.55. The third-order valence-electron chi connectivity index (χ3n) is 3.39. The Morgan fingerprint density at radius 1 is 1.37 bits per heavy atom. The van der Waals surface area contributed by atoms with Crippen molar-refractivity contribution in [3.63, 3.8) is 0 Å². The highest BCUT2D eigenvalue weighted by Crippen LogP contribution is 2.09. The van der Waals surface area contributed by atoms with Gasteiger partial charge >= 0.3 is 12.0 Å². The van der Waals surface area contributed by atoms with E-state index in [0.717, 1.165) is 31.1 Å². The minimum absolute atomic E-state index is 0.346. The predicted octanol–water partition coefficient (Wildman–Crippen LogP) is 0.588.